The van der Waals surface area contributed by atoms with Gasteiger partial charge in [-0.15, -0.1) is 11.3 Å². The van der Waals surface area contributed by atoms with E-state index in [1.54, 1.807) is 29.2 Å². The molecule has 2 atom stereocenters. The minimum absolute atomic E-state index is 0.100. The number of anilines is 2. The number of ether oxygens (including phenoxy) is 1. The molecule has 0 saturated carbocycles. The molecule has 2 N–H and O–H groups in total. The first-order chi connectivity index (χ1) is 15.9. The zero-order chi connectivity index (χ0) is 23.4. The molecule has 0 spiro atoms. The van der Waals surface area contributed by atoms with Crippen molar-refractivity contribution in [3.8, 4) is 0 Å². The Hall–Kier alpha value is -2.82. The first-order valence-electron chi connectivity index (χ1n) is 11.2. The van der Waals surface area contributed by atoms with E-state index in [1.165, 1.54) is 11.3 Å². The predicted molar refractivity (Wildman–Crippen MR) is 126 cm³/mol. The van der Waals surface area contributed by atoms with Gasteiger partial charge in [0.2, 0.25) is 11.8 Å². The summed E-state index contributed by atoms with van der Waals surface area (Å²) in [5, 5.41) is 7.81. The molecule has 176 valence electrons. The van der Waals surface area contributed by atoms with Crippen molar-refractivity contribution in [3.05, 3.63) is 40.9 Å². The molecular formula is C23H29N5O4S. The summed E-state index contributed by atoms with van der Waals surface area (Å²) in [7, 11) is 0. The van der Waals surface area contributed by atoms with Gasteiger partial charge in [0.1, 0.15) is 0 Å². The van der Waals surface area contributed by atoms with Crippen LogP contribution in [0.15, 0.2) is 29.6 Å². The predicted octanol–water partition coefficient (Wildman–Crippen LogP) is 2.25. The number of nitrogens with zero attached hydrogens (tertiary/aromatic N) is 3. The second-order valence-electron chi connectivity index (χ2n) is 8.52. The van der Waals surface area contributed by atoms with E-state index in [2.05, 4.69) is 34.4 Å². The molecule has 1 aromatic carbocycles. The van der Waals surface area contributed by atoms with E-state index in [0.29, 0.717) is 30.2 Å². The average Bonchev–Trinajstić information content (AvgIpc) is 3.40. The van der Waals surface area contributed by atoms with Crippen LogP contribution in [0.1, 0.15) is 42.7 Å². The second-order valence-corrected chi connectivity index (χ2v) is 9.38. The summed E-state index contributed by atoms with van der Waals surface area (Å²) >= 11 is 1.37. The highest BCUT2D eigenvalue weighted by Gasteiger charge is 2.23. The lowest BCUT2D eigenvalue weighted by Crippen LogP contribution is -2.44. The molecule has 2 aliphatic heterocycles. The molecule has 0 radical (unpaired) electrons. The van der Waals surface area contributed by atoms with Gasteiger partial charge >= 0.3 is 0 Å². The molecule has 3 amide bonds. The van der Waals surface area contributed by atoms with Crippen LogP contribution in [0.3, 0.4) is 0 Å². The number of morpholine rings is 1. The van der Waals surface area contributed by atoms with Gasteiger partial charge in [0.25, 0.3) is 5.91 Å². The molecule has 2 aliphatic rings. The fourth-order valence-electron chi connectivity index (χ4n) is 4.22. The van der Waals surface area contributed by atoms with Crippen molar-refractivity contribution >= 4 is 39.9 Å². The van der Waals surface area contributed by atoms with E-state index >= 15 is 0 Å². The van der Waals surface area contributed by atoms with Gasteiger partial charge < -0.3 is 20.3 Å². The van der Waals surface area contributed by atoms with Crippen LogP contribution in [-0.4, -0.2) is 66.0 Å². The zero-order valence-corrected chi connectivity index (χ0v) is 19.7. The monoisotopic (exact) mass is 471 g/mol. The Labute approximate surface area is 197 Å². The van der Waals surface area contributed by atoms with Gasteiger partial charge in [0, 0.05) is 49.2 Å². The lowest BCUT2D eigenvalue weighted by atomic mass is 10.2. The number of carbonyl (C=O) groups is 3. The van der Waals surface area contributed by atoms with Crippen LogP contribution in [0, 0.1) is 0 Å². The van der Waals surface area contributed by atoms with E-state index < -0.39 is 0 Å². The maximum Gasteiger partial charge on any atom is 0.251 e. The quantitative estimate of drug-likeness (QED) is 0.642. The van der Waals surface area contributed by atoms with E-state index in [4.69, 9.17) is 4.74 Å². The highest BCUT2D eigenvalue weighted by atomic mass is 32.1. The standard InChI is InChI=1S/C23H29N5O4S/c1-15-11-27(12-16(2)32-15)13-18-14-33-23(25-18)26-20(29)10-24-22(31)17-5-7-19(8-6-17)28-9-3-4-21(28)30/h5-8,14-16H,3-4,9-13H2,1-2H3,(H,24,31)(H,25,26,29). The zero-order valence-electron chi connectivity index (χ0n) is 18.9. The Balaban J connectivity index is 1.23. The number of thiazole rings is 1. The maximum atomic E-state index is 12.4. The van der Waals surface area contributed by atoms with Crippen LogP contribution >= 0.6 is 11.3 Å². The Bertz CT molecular complexity index is 999. The topological polar surface area (TPSA) is 104 Å². The number of rotatable bonds is 7. The summed E-state index contributed by atoms with van der Waals surface area (Å²) in [6, 6.07) is 6.83. The van der Waals surface area contributed by atoms with Gasteiger partial charge in [-0.05, 0) is 44.5 Å². The third kappa shape index (κ3) is 6.16. The van der Waals surface area contributed by atoms with Gasteiger partial charge in [-0.1, -0.05) is 0 Å². The minimum atomic E-state index is -0.347. The molecule has 0 bridgehead atoms. The highest BCUT2D eigenvalue weighted by molar-refractivity contribution is 7.13. The summed E-state index contributed by atoms with van der Waals surface area (Å²) < 4.78 is 5.76. The molecule has 0 aliphatic carbocycles. The number of nitrogens with one attached hydrogen (secondary N) is 2. The van der Waals surface area contributed by atoms with Gasteiger partial charge in [-0.3, -0.25) is 19.3 Å². The molecule has 2 fully saturated rings. The number of hydrogen-bond donors (Lipinski definition) is 2. The van der Waals surface area contributed by atoms with E-state index in [9.17, 15) is 14.4 Å². The van der Waals surface area contributed by atoms with Crippen molar-refractivity contribution < 1.29 is 19.1 Å². The number of benzene rings is 1. The smallest absolute Gasteiger partial charge is 0.251 e. The second kappa shape index (κ2) is 10.4. The van der Waals surface area contributed by atoms with Crippen LogP contribution in [-0.2, 0) is 20.9 Å². The van der Waals surface area contributed by atoms with Crippen molar-refractivity contribution in [1.82, 2.24) is 15.2 Å². The first-order valence-corrected chi connectivity index (χ1v) is 12.1. The maximum absolute atomic E-state index is 12.4. The number of amides is 3. The van der Waals surface area contributed by atoms with Crippen LogP contribution in [0.25, 0.3) is 0 Å². The van der Waals surface area contributed by atoms with Gasteiger partial charge in [-0.2, -0.15) is 0 Å². The lowest BCUT2D eigenvalue weighted by molar-refractivity contribution is -0.117. The fraction of sp³-hybridized carbons (Fsp3) is 0.478. The highest BCUT2D eigenvalue weighted by Crippen LogP contribution is 2.22. The molecule has 33 heavy (non-hydrogen) atoms. The average molecular weight is 472 g/mol. The molecular weight excluding hydrogens is 442 g/mol. The van der Waals surface area contributed by atoms with Gasteiger partial charge in [-0.25, -0.2) is 4.98 Å². The Morgan fingerprint density at radius 2 is 1.91 bits per heavy atom. The Kier molecular flexibility index (Phi) is 7.36. The summed E-state index contributed by atoms with van der Waals surface area (Å²) in [6.07, 6.45) is 1.79. The van der Waals surface area contributed by atoms with Gasteiger partial charge in [0.05, 0.1) is 24.4 Å². The number of aromatic nitrogens is 1. The van der Waals surface area contributed by atoms with E-state index in [-0.39, 0.29) is 36.5 Å². The van der Waals surface area contributed by atoms with Crippen molar-refractivity contribution in [2.24, 2.45) is 0 Å². The summed E-state index contributed by atoms with van der Waals surface area (Å²) in [6.45, 7) is 7.08. The van der Waals surface area contributed by atoms with Crippen LogP contribution in [0.4, 0.5) is 10.8 Å². The van der Waals surface area contributed by atoms with Crippen LogP contribution < -0.4 is 15.5 Å². The third-order valence-corrected chi connectivity index (χ3v) is 6.41. The normalized spacial score (nSPS) is 21.3. The van der Waals surface area contributed by atoms with E-state index in [0.717, 1.165) is 30.9 Å². The molecule has 2 saturated heterocycles. The van der Waals surface area contributed by atoms with Gasteiger partial charge in [0.15, 0.2) is 5.13 Å². The molecule has 2 unspecified atom stereocenters. The van der Waals surface area contributed by atoms with Crippen LogP contribution in [0.2, 0.25) is 0 Å². The van der Waals surface area contributed by atoms with Crippen molar-refractivity contribution in [1.29, 1.82) is 0 Å². The molecule has 4 rings (SSSR count). The Morgan fingerprint density at radius 3 is 2.58 bits per heavy atom. The molecule has 10 heteroatoms. The number of hydrogen-bond acceptors (Lipinski definition) is 7. The summed E-state index contributed by atoms with van der Waals surface area (Å²) in [5.41, 5.74) is 2.12. The number of carbonyl (C=O) groups excluding carboxylic acids is 3. The molecule has 9 nitrogen and oxygen atoms in total. The Morgan fingerprint density at radius 1 is 1.18 bits per heavy atom. The van der Waals surface area contributed by atoms with Crippen molar-refractivity contribution in [2.75, 3.05) is 36.4 Å². The van der Waals surface area contributed by atoms with Crippen molar-refractivity contribution in [3.63, 3.8) is 0 Å². The largest absolute Gasteiger partial charge is 0.373 e. The van der Waals surface area contributed by atoms with Crippen molar-refractivity contribution in [2.45, 2.75) is 45.4 Å². The molecule has 3 heterocycles. The SMILES string of the molecule is CC1CN(Cc2csc(NC(=O)CNC(=O)c3ccc(N4CCCC4=O)cc3)n2)CC(C)O1. The first kappa shape index (κ1) is 23.3. The summed E-state index contributed by atoms with van der Waals surface area (Å²) in [4.78, 5) is 45.0. The minimum Gasteiger partial charge on any atom is -0.373 e. The summed E-state index contributed by atoms with van der Waals surface area (Å²) in [5.74, 6) is -0.583. The lowest BCUT2D eigenvalue weighted by Gasteiger charge is -2.34. The fourth-order valence-corrected chi connectivity index (χ4v) is 4.94. The molecule has 2 aromatic rings. The third-order valence-electron chi connectivity index (χ3n) is 5.60. The molecule has 1 aromatic heterocycles. The van der Waals surface area contributed by atoms with Crippen LogP contribution in [0.5, 0.6) is 0 Å². The van der Waals surface area contributed by atoms with E-state index in [1.807, 2.05) is 5.38 Å².